The minimum absolute atomic E-state index is 0.150. The van der Waals surface area contributed by atoms with E-state index in [2.05, 4.69) is 10.3 Å². The molecular formula is C19H17ClN4O3. The smallest absolute Gasteiger partial charge is 0.292 e. The fraction of sp³-hybridized carbons (Fsp3) is 0.211. The molecule has 27 heavy (non-hydrogen) atoms. The number of hydrogen-bond acceptors (Lipinski definition) is 4. The molecule has 1 N–H and O–H groups in total. The summed E-state index contributed by atoms with van der Waals surface area (Å²) >= 11 is 5.88. The van der Waals surface area contributed by atoms with E-state index in [9.17, 15) is 9.59 Å². The summed E-state index contributed by atoms with van der Waals surface area (Å²) in [6.45, 7) is 2.02. The second-order valence-corrected chi connectivity index (χ2v) is 6.54. The van der Waals surface area contributed by atoms with E-state index in [1.54, 1.807) is 51.9 Å². The largest absolute Gasteiger partial charge is 0.378 e. The van der Waals surface area contributed by atoms with Crippen LogP contribution in [-0.2, 0) is 4.74 Å². The number of aromatic nitrogens is 2. The lowest BCUT2D eigenvalue weighted by Gasteiger charge is -2.26. The highest BCUT2D eigenvalue weighted by molar-refractivity contribution is 6.30. The molecule has 3 heterocycles. The van der Waals surface area contributed by atoms with Crippen molar-refractivity contribution in [3.8, 4) is 0 Å². The van der Waals surface area contributed by atoms with Crippen LogP contribution in [0.15, 0.2) is 48.7 Å². The molecule has 0 unspecified atom stereocenters. The average Bonchev–Trinajstić information content (AvgIpc) is 3.10. The number of fused-ring (bicyclic) bond motifs is 1. The summed E-state index contributed by atoms with van der Waals surface area (Å²) in [4.78, 5) is 31.7. The van der Waals surface area contributed by atoms with Crippen LogP contribution < -0.4 is 5.32 Å². The summed E-state index contributed by atoms with van der Waals surface area (Å²) in [5.41, 5.74) is 1.45. The van der Waals surface area contributed by atoms with Gasteiger partial charge in [0.2, 0.25) is 5.82 Å². The molecule has 3 aromatic rings. The Kier molecular flexibility index (Phi) is 4.79. The molecule has 1 fully saturated rings. The van der Waals surface area contributed by atoms with Crippen molar-refractivity contribution in [2.45, 2.75) is 0 Å². The molecule has 2 aromatic heterocycles. The summed E-state index contributed by atoms with van der Waals surface area (Å²) in [5.74, 6) is -0.454. The van der Waals surface area contributed by atoms with Crippen LogP contribution in [0.25, 0.3) is 5.52 Å². The number of ether oxygens (including phenoxy) is 1. The predicted molar refractivity (Wildman–Crippen MR) is 101 cm³/mol. The molecule has 1 saturated heterocycles. The lowest BCUT2D eigenvalue weighted by molar-refractivity contribution is 0.0300. The molecule has 0 spiro atoms. The van der Waals surface area contributed by atoms with Crippen molar-refractivity contribution in [1.29, 1.82) is 0 Å². The maximum Gasteiger partial charge on any atom is 0.292 e. The molecule has 138 valence electrons. The van der Waals surface area contributed by atoms with Crippen LogP contribution in [0, 0.1) is 0 Å². The van der Waals surface area contributed by atoms with Gasteiger partial charge in [-0.1, -0.05) is 17.7 Å². The van der Waals surface area contributed by atoms with Crippen molar-refractivity contribution in [2.24, 2.45) is 0 Å². The Bertz CT molecular complexity index is 994. The number of nitrogens with one attached hydrogen (secondary N) is 1. The van der Waals surface area contributed by atoms with Crippen molar-refractivity contribution in [2.75, 3.05) is 31.6 Å². The van der Waals surface area contributed by atoms with Gasteiger partial charge in [0.05, 0.1) is 18.7 Å². The van der Waals surface area contributed by atoms with Gasteiger partial charge in [-0.3, -0.25) is 14.0 Å². The first-order valence-electron chi connectivity index (χ1n) is 8.54. The van der Waals surface area contributed by atoms with E-state index in [0.29, 0.717) is 42.5 Å². The molecule has 1 aliphatic heterocycles. The second kappa shape index (κ2) is 7.38. The van der Waals surface area contributed by atoms with Gasteiger partial charge in [-0.2, -0.15) is 0 Å². The van der Waals surface area contributed by atoms with Crippen LogP contribution >= 0.6 is 11.6 Å². The molecule has 8 heteroatoms. The van der Waals surface area contributed by atoms with Gasteiger partial charge in [0.1, 0.15) is 0 Å². The number of carbonyl (C=O) groups excluding carboxylic acids is 2. The summed E-state index contributed by atoms with van der Waals surface area (Å²) in [5, 5.41) is 3.36. The number of hydrogen-bond donors (Lipinski definition) is 1. The fourth-order valence-corrected chi connectivity index (χ4v) is 3.12. The highest BCUT2D eigenvalue weighted by atomic mass is 35.5. The van der Waals surface area contributed by atoms with Gasteiger partial charge >= 0.3 is 0 Å². The summed E-state index contributed by atoms with van der Waals surface area (Å²) in [7, 11) is 0. The molecule has 2 amide bonds. The van der Waals surface area contributed by atoms with E-state index in [4.69, 9.17) is 16.3 Å². The number of benzene rings is 1. The van der Waals surface area contributed by atoms with Crippen LogP contribution in [0.5, 0.6) is 0 Å². The third kappa shape index (κ3) is 3.51. The first-order valence-corrected chi connectivity index (χ1v) is 8.92. The van der Waals surface area contributed by atoms with E-state index >= 15 is 0 Å². The van der Waals surface area contributed by atoms with Crippen molar-refractivity contribution in [1.82, 2.24) is 14.3 Å². The Balaban J connectivity index is 1.67. The highest BCUT2D eigenvalue weighted by Gasteiger charge is 2.26. The Morgan fingerprint density at radius 1 is 1.07 bits per heavy atom. The molecule has 0 bridgehead atoms. The van der Waals surface area contributed by atoms with Crippen LogP contribution in [0.2, 0.25) is 5.02 Å². The number of anilines is 1. The second-order valence-electron chi connectivity index (χ2n) is 6.11. The zero-order valence-electron chi connectivity index (χ0n) is 14.4. The SMILES string of the molecule is O=C(Nc1ccc(Cl)cc1)c1nc(C(=O)N2CCOCC2)c2ccccn12. The maximum absolute atomic E-state index is 12.9. The quantitative estimate of drug-likeness (QED) is 0.753. The third-order valence-electron chi connectivity index (χ3n) is 4.35. The predicted octanol–water partition coefficient (Wildman–Crippen LogP) is 2.71. The van der Waals surface area contributed by atoms with Crippen molar-refractivity contribution < 1.29 is 14.3 Å². The van der Waals surface area contributed by atoms with Gasteiger partial charge in [0.15, 0.2) is 5.69 Å². The van der Waals surface area contributed by atoms with E-state index in [1.165, 1.54) is 0 Å². The Morgan fingerprint density at radius 3 is 2.56 bits per heavy atom. The number of rotatable bonds is 3. The molecule has 0 saturated carbocycles. The van der Waals surface area contributed by atoms with Gasteiger partial charge in [0, 0.05) is 30.0 Å². The van der Waals surface area contributed by atoms with Gasteiger partial charge in [0.25, 0.3) is 11.8 Å². The molecule has 7 nitrogen and oxygen atoms in total. The minimum Gasteiger partial charge on any atom is -0.378 e. The number of carbonyl (C=O) groups is 2. The van der Waals surface area contributed by atoms with Crippen molar-refractivity contribution in [3.63, 3.8) is 0 Å². The summed E-state index contributed by atoms with van der Waals surface area (Å²) in [6.07, 6.45) is 1.72. The van der Waals surface area contributed by atoms with Crippen molar-refractivity contribution in [3.05, 3.63) is 65.2 Å². The Labute approximate surface area is 160 Å². The van der Waals surface area contributed by atoms with Crippen LogP contribution in [-0.4, -0.2) is 52.4 Å². The average molecular weight is 385 g/mol. The van der Waals surface area contributed by atoms with Crippen LogP contribution in [0.1, 0.15) is 21.1 Å². The Morgan fingerprint density at radius 2 is 1.81 bits per heavy atom. The summed E-state index contributed by atoms with van der Waals surface area (Å²) < 4.78 is 6.92. The zero-order chi connectivity index (χ0) is 18.8. The number of imidazole rings is 1. The van der Waals surface area contributed by atoms with E-state index in [0.717, 1.165) is 0 Å². The highest BCUT2D eigenvalue weighted by Crippen LogP contribution is 2.18. The molecule has 1 aromatic carbocycles. The molecular weight excluding hydrogens is 368 g/mol. The van der Waals surface area contributed by atoms with E-state index in [-0.39, 0.29) is 17.4 Å². The topological polar surface area (TPSA) is 75.9 Å². The Hall–Kier alpha value is -2.90. The zero-order valence-corrected chi connectivity index (χ0v) is 15.1. The number of pyridine rings is 1. The van der Waals surface area contributed by atoms with Crippen LogP contribution in [0.3, 0.4) is 0 Å². The monoisotopic (exact) mass is 384 g/mol. The van der Waals surface area contributed by atoms with E-state index < -0.39 is 5.91 Å². The lowest BCUT2D eigenvalue weighted by atomic mass is 10.3. The lowest BCUT2D eigenvalue weighted by Crippen LogP contribution is -2.40. The van der Waals surface area contributed by atoms with Crippen molar-refractivity contribution >= 4 is 34.6 Å². The van der Waals surface area contributed by atoms with E-state index in [1.807, 2.05) is 6.07 Å². The number of halogens is 1. The molecule has 1 aliphatic rings. The van der Waals surface area contributed by atoms with Gasteiger partial charge in [-0.05, 0) is 36.4 Å². The molecule has 0 radical (unpaired) electrons. The van der Waals surface area contributed by atoms with Gasteiger partial charge in [-0.15, -0.1) is 0 Å². The summed E-state index contributed by atoms with van der Waals surface area (Å²) in [6, 6.07) is 12.2. The first kappa shape index (κ1) is 17.5. The molecule has 4 rings (SSSR count). The number of amides is 2. The normalized spacial score (nSPS) is 14.3. The first-order chi connectivity index (χ1) is 13.1. The minimum atomic E-state index is -0.403. The standard InChI is InChI=1S/C19H17ClN4O3/c20-13-4-6-14(7-5-13)21-18(25)17-22-16(15-3-1-2-8-24(15)17)19(26)23-9-11-27-12-10-23/h1-8H,9-12H2,(H,21,25). The van der Waals surface area contributed by atoms with Gasteiger partial charge < -0.3 is 15.0 Å². The third-order valence-corrected chi connectivity index (χ3v) is 4.61. The number of nitrogens with zero attached hydrogens (tertiary/aromatic N) is 3. The number of morpholine rings is 1. The molecule has 0 aliphatic carbocycles. The molecule has 0 atom stereocenters. The van der Waals surface area contributed by atoms with Crippen LogP contribution in [0.4, 0.5) is 5.69 Å². The fourth-order valence-electron chi connectivity index (χ4n) is 2.99. The maximum atomic E-state index is 12.9. The van der Waals surface area contributed by atoms with Gasteiger partial charge in [-0.25, -0.2) is 4.98 Å².